The summed E-state index contributed by atoms with van der Waals surface area (Å²) in [4.78, 5) is 21.4. The molecule has 0 aliphatic carbocycles. The van der Waals surface area contributed by atoms with E-state index in [4.69, 9.17) is 11.6 Å². The van der Waals surface area contributed by atoms with Crippen LogP contribution < -0.4 is 4.90 Å². The largest absolute Gasteiger partial charge is 0.309 e. The maximum atomic E-state index is 13.1. The predicted molar refractivity (Wildman–Crippen MR) is 110 cm³/mol. The van der Waals surface area contributed by atoms with E-state index >= 15 is 0 Å². The zero-order chi connectivity index (χ0) is 19.4. The summed E-state index contributed by atoms with van der Waals surface area (Å²) in [6.07, 6.45) is 1.03. The normalized spacial score (nSPS) is 11.3. The summed E-state index contributed by atoms with van der Waals surface area (Å²) in [5, 5.41) is 1.22. The molecule has 3 aromatic rings. The molecule has 0 N–H and O–H groups in total. The zero-order valence-corrected chi connectivity index (χ0v) is 16.9. The number of hydrogen-bond acceptors (Lipinski definition) is 4. The number of para-hydroxylation sites is 1. The second-order valence-electron chi connectivity index (χ2n) is 6.59. The number of carbonyl (C=O) groups excluding carboxylic acids is 1. The highest BCUT2D eigenvalue weighted by Crippen LogP contribution is 2.33. The van der Waals surface area contributed by atoms with Crippen LogP contribution >= 0.6 is 22.9 Å². The minimum absolute atomic E-state index is 0.0597. The van der Waals surface area contributed by atoms with E-state index in [0.717, 1.165) is 23.2 Å². The van der Waals surface area contributed by atoms with Crippen LogP contribution in [0.5, 0.6) is 0 Å². The molecule has 0 saturated carbocycles. The minimum atomic E-state index is -0.310. The van der Waals surface area contributed by atoms with Crippen molar-refractivity contribution < 1.29 is 9.18 Å². The van der Waals surface area contributed by atoms with E-state index in [2.05, 4.69) is 9.88 Å². The van der Waals surface area contributed by atoms with Crippen LogP contribution in [-0.2, 0) is 11.2 Å². The van der Waals surface area contributed by atoms with Crippen LogP contribution in [0.4, 0.5) is 9.52 Å². The number of nitrogens with zero attached hydrogens (tertiary/aromatic N) is 3. The van der Waals surface area contributed by atoms with E-state index in [1.54, 1.807) is 23.1 Å². The highest BCUT2D eigenvalue weighted by Gasteiger charge is 2.20. The number of amides is 1. The fraction of sp³-hybridized carbons (Fsp3) is 0.300. The first-order valence-electron chi connectivity index (χ1n) is 8.68. The Labute approximate surface area is 167 Å². The molecule has 4 nitrogen and oxygen atoms in total. The van der Waals surface area contributed by atoms with E-state index < -0.39 is 0 Å². The average molecular weight is 406 g/mol. The number of hydrogen-bond donors (Lipinski definition) is 0. The molecule has 0 radical (unpaired) electrons. The first kappa shape index (κ1) is 19.7. The summed E-state index contributed by atoms with van der Waals surface area (Å²) in [7, 11) is 4.00. The van der Waals surface area contributed by atoms with Gasteiger partial charge in [0.25, 0.3) is 0 Å². The highest BCUT2D eigenvalue weighted by molar-refractivity contribution is 7.22. The molecule has 2 aromatic carbocycles. The van der Waals surface area contributed by atoms with Gasteiger partial charge in [-0.05, 0) is 56.9 Å². The van der Waals surface area contributed by atoms with Gasteiger partial charge in [-0.3, -0.25) is 9.69 Å². The van der Waals surface area contributed by atoms with Crippen molar-refractivity contribution in [1.29, 1.82) is 0 Å². The quantitative estimate of drug-likeness (QED) is 0.575. The summed E-state index contributed by atoms with van der Waals surface area (Å²) in [6, 6.07) is 11.6. The van der Waals surface area contributed by atoms with Crippen molar-refractivity contribution in [3.05, 3.63) is 58.9 Å². The number of carbonyl (C=O) groups is 1. The Morgan fingerprint density at radius 1 is 1.15 bits per heavy atom. The molecule has 0 aliphatic heterocycles. The second-order valence-corrected chi connectivity index (χ2v) is 8.00. The van der Waals surface area contributed by atoms with Gasteiger partial charge in [-0.25, -0.2) is 9.37 Å². The smallest absolute Gasteiger partial charge is 0.233 e. The molecule has 0 fully saturated rings. The molecular weight excluding hydrogens is 385 g/mol. The first-order chi connectivity index (χ1) is 12.9. The number of halogens is 2. The van der Waals surface area contributed by atoms with Gasteiger partial charge < -0.3 is 4.90 Å². The van der Waals surface area contributed by atoms with Crippen LogP contribution in [0.25, 0.3) is 10.2 Å². The predicted octanol–water partition coefficient (Wildman–Crippen LogP) is 4.62. The number of fused-ring (bicyclic) bond motifs is 1. The SMILES string of the molecule is CN(C)CCCN(C(=O)Cc1ccc(F)cc1)c1nc2c(Cl)cccc2s1. The average Bonchev–Trinajstić information content (AvgIpc) is 3.05. The van der Waals surface area contributed by atoms with E-state index in [-0.39, 0.29) is 18.1 Å². The Morgan fingerprint density at radius 3 is 2.56 bits per heavy atom. The van der Waals surface area contributed by atoms with Crippen molar-refractivity contribution in [2.75, 3.05) is 32.1 Å². The molecule has 1 aromatic heterocycles. The number of aromatic nitrogens is 1. The van der Waals surface area contributed by atoms with Crippen molar-refractivity contribution in [1.82, 2.24) is 9.88 Å². The monoisotopic (exact) mass is 405 g/mol. The Hall–Kier alpha value is -2.02. The van der Waals surface area contributed by atoms with Gasteiger partial charge in [0.05, 0.1) is 16.1 Å². The number of rotatable bonds is 7. The topological polar surface area (TPSA) is 36.4 Å². The number of thiazole rings is 1. The van der Waals surface area contributed by atoms with Crippen LogP contribution in [-0.4, -0.2) is 43.0 Å². The molecule has 142 valence electrons. The highest BCUT2D eigenvalue weighted by atomic mass is 35.5. The fourth-order valence-corrected chi connectivity index (χ4v) is 4.07. The molecule has 0 saturated heterocycles. The van der Waals surface area contributed by atoms with Gasteiger partial charge in [-0.15, -0.1) is 0 Å². The molecule has 0 spiro atoms. The molecule has 0 unspecified atom stereocenters. The van der Waals surface area contributed by atoms with Gasteiger partial charge >= 0.3 is 0 Å². The van der Waals surface area contributed by atoms with Gasteiger partial charge in [0.15, 0.2) is 5.13 Å². The van der Waals surface area contributed by atoms with E-state index in [0.29, 0.717) is 22.2 Å². The third kappa shape index (κ3) is 5.03. The van der Waals surface area contributed by atoms with Gasteiger partial charge in [0.1, 0.15) is 11.3 Å². The summed E-state index contributed by atoms with van der Waals surface area (Å²) in [5.74, 6) is -0.370. The van der Waals surface area contributed by atoms with Gasteiger partial charge in [0, 0.05) is 6.54 Å². The molecule has 0 atom stereocenters. The Morgan fingerprint density at radius 2 is 1.89 bits per heavy atom. The van der Waals surface area contributed by atoms with Crippen molar-refractivity contribution in [3.8, 4) is 0 Å². The lowest BCUT2D eigenvalue weighted by atomic mass is 10.1. The summed E-state index contributed by atoms with van der Waals surface area (Å²) in [5.41, 5.74) is 1.49. The Bertz CT molecular complexity index is 927. The number of benzene rings is 2. The maximum Gasteiger partial charge on any atom is 0.233 e. The Balaban J connectivity index is 1.85. The maximum absolute atomic E-state index is 13.1. The molecule has 3 rings (SSSR count). The lowest BCUT2D eigenvalue weighted by Crippen LogP contribution is -2.34. The van der Waals surface area contributed by atoms with Crippen molar-refractivity contribution in [2.24, 2.45) is 0 Å². The summed E-state index contributed by atoms with van der Waals surface area (Å²) < 4.78 is 14.1. The van der Waals surface area contributed by atoms with Crippen LogP contribution in [0.3, 0.4) is 0 Å². The molecular formula is C20H21ClFN3OS. The third-order valence-corrected chi connectivity index (χ3v) is 5.49. The Kier molecular flexibility index (Phi) is 6.42. The molecule has 1 amide bonds. The van der Waals surface area contributed by atoms with Gasteiger partial charge in [0.2, 0.25) is 5.91 Å². The zero-order valence-electron chi connectivity index (χ0n) is 15.3. The van der Waals surface area contributed by atoms with Crippen LogP contribution in [0.2, 0.25) is 5.02 Å². The van der Waals surface area contributed by atoms with E-state index in [1.807, 2.05) is 26.2 Å². The first-order valence-corrected chi connectivity index (χ1v) is 9.88. The standard InChI is InChI=1S/C20H21ClFN3OS/c1-24(2)11-4-12-25(18(26)13-14-7-9-15(22)10-8-14)20-23-19-16(21)5-3-6-17(19)27-20/h3,5-10H,4,11-13H2,1-2H3. The van der Waals surface area contributed by atoms with Gasteiger partial charge in [-0.2, -0.15) is 0 Å². The summed E-state index contributed by atoms with van der Waals surface area (Å²) >= 11 is 7.70. The van der Waals surface area contributed by atoms with E-state index in [9.17, 15) is 9.18 Å². The molecule has 1 heterocycles. The number of anilines is 1. The lowest BCUT2D eigenvalue weighted by molar-refractivity contribution is -0.118. The fourth-order valence-electron chi connectivity index (χ4n) is 2.76. The van der Waals surface area contributed by atoms with Crippen LogP contribution in [0.15, 0.2) is 42.5 Å². The van der Waals surface area contributed by atoms with Crippen molar-refractivity contribution >= 4 is 44.2 Å². The van der Waals surface area contributed by atoms with Crippen molar-refractivity contribution in [3.63, 3.8) is 0 Å². The summed E-state index contributed by atoms with van der Waals surface area (Å²) in [6.45, 7) is 1.43. The molecule has 7 heteroatoms. The third-order valence-electron chi connectivity index (χ3n) is 4.15. The lowest BCUT2D eigenvalue weighted by Gasteiger charge is -2.21. The second kappa shape index (κ2) is 8.78. The van der Waals surface area contributed by atoms with Crippen molar-refractivity contribution in [2.45, 2.75) is 12.8 Å². The molecule has 0 aliphatic rings. The van der Waals surface area contributed by atoms with Gasteiger partial charge in [-0.1, -0.05) is 41.1 Å². The van der Waals surface area contributed by atoms with E-state index in [1.165, 1.54) is 23.5 Å². The molecule has 0 bridgehead atoms. The van der Waals surface area contributed by atoms with Crippen LogP contribution in [0.1, 0.15) is 12.0 Å². The van der Waals surface area contributed by atoms with Crippen LogP contribution in [0, 0.1) is 5.82 Å². The molecule has 27 heavy (non-hydrogen) atoms. The minimum Gasteiger partial charge on any atom is -0.309 e.